The van der Waals surface area contributed by atoms with Crippen LogP contribution in [-0.2, 0) is 14.8 Å². The quantitative estimate of drug-likeness (QED) is 0.670. The minimum atomic E-state index is -3.62. The first-order valence-corrected chi connectivity index (χ1v) is 9.03. The SMILES string of the molecule is COCCC(CCl)NS(=O)(=O)c1cc(Br)ccc1Br. The fourth-order valence-corrected chi connectivity index (χ4v) is 4.49. The summed E-state index contributed by atoms with van der Waals surface area (Å²) in [6, 6.07) is 4.60. The number of alkyl halides is 1. The van der Waals surface area contributed by atoms with Crippen LogP contribution in [0.25, 0.3) is 0 Å². The van der Waals surface area contributed by atoms with E-state index in [9.17, 15) is 8.42 Å². The second-order valence-electron chi connectivity index (χ2n) is 3.83. The van der Waals surface area contributed by atoms with Crippen molar-refractivity contribution in [3.63, 3.8) is 0 Å². The maximum atomic E-state index is 12.3. The molecule has 0 aliphatic rings. The van der Waals surface area contributed by atoms with Crippen LogP contribution in [0, 0.1) is 0 Å². The standard InChI is InChI=1S/C11H14Br2ClNO3S/c1-18-5-4-9(7-14)15-19(16,17)11-6-8(12)2-3-10(11)13/h2-3,6,9,15H,4-5,7H2,1H3. The smallest absolute Gasteiger partial charge is 0.242 e. The van der Waals surface area contributed by atoms with Crippen LogP contribution in [0.1, 0.15) is 6.42 Å². The van der Waals surface area contributed by atoms with Crippen molar-refractivity contribution in [2.24, 2.45) is 0 Å². The Balaban J connectivity index is 2.93. The molecule has 0 aliphatic heterocycles. The number of hydrogen-bond donors (Lipinski definition) is 1. The number of nitrogens with one attached hydrogen (secondary N) is 1. The van der Waals surface area contributed by atoms with Crippen molar-refractivity contribution in [1.82, 2.24) is 4.72 Å². The van der Waals surface area contributed by atoms with E-state index in [2.05, 4.69) is 36.6 Å². The van der Waals surface area contributed by atoms with Gasteiger partial charge < -0.3 is 4.74 Å². The van der Waals surface area contributed by atoms with E-state index in [4.69, 9.17) is 16.3 Å². The first-order chi connectivity index (χ1) is 8.90. The lowest BCUT2D eigenvalue weighted by Crippen LogP contribution is -2.37. The van der Waals surface area contributed by atoms with Gasteiger partial charge in [-0.3, -0.25) is 0 Å². The van der Waals surface area contributed by atoms with E-state index < -0.39 is 10.0 Å². The highest BCUT2D eigenvalue weighted by Gasteiger charge is 2.22. The van der Waals surface area contributed by atoms with E-state index in [0.717, 1.165) is 0 Å². The molecule has 0 heterocycles. The van der Waals surface area contributed by atoms with Crippen LogP contribution in [0.3, 0.4) is 0 Å². The van der Waals surface area contributed by atoms with Gasteiger partial charge in [-0.1, -0.05) is 15.9 Å². The van der Waals surface area contributed by atoms with E-state index in [-0.39, 0.29) is 16.8 Å². The molecular formula is C11H14Br2ClNO3S. The van der Waals surface area contributed by atoms with Gasteiger partial charge in [0.05, 0.1) is 4.90 Å². The molecule has 0 aromatic heterocycles. The van der Waals surface area contributed by atoms with Crippen LogP contribution < -0.4 is 4.72 Å². The average Bonchev–Trinajstić information content (AvgIpc) is 2.37. The lowest BCUT2D eigenvalue weighted by atomic mass is 10.3. The predicted molar refractivity (Wildman–Crippen MR) is 83.2 cm³/mol. The number of hydrogen-bond acceptors (Lipinski definition) is 3. The Bertz CT molecular complexity index is 525. The highest BCUT2D eigenvalue weighted by molar-refractivity contribution is 9.11. The Morgan fingerprint density at radius 2 is 2.11 bits per heavy atom. The molecule has 108 valence electrons. The molecule has 0 saturated carbocycles. The third kappa shape index (κ3) is 5.32. The number of rotatable bonds is 7. The van der Waals surface area contributed by atoms with Crippen molar-refractivity contribution in [2.75, 3.05) is 19.6 Å². The molecule has 0 bridgehead atoms. The summed E-state index contributed by atoms with van der Waals surface area (Å²) < 4.78 is 33.2. The highest BCUT2D eigenvalue weighted by atomic mass is 79.9. The van der Waals surface area contributed by atoms with Crippen LogP contribution in [-0.4, -0.2) is 34.1 Å². The van der Waals surface area contributed by atoms with Crippen molar-refractivity contribution in [3.05, 3.63) is 27.1 Å². The molecule has 0 amide bonds. The van der Waals surface area contributed by atoms with Gasteiger partial charge in [-0.15, -0.1) is 11.6 Å². The molecule has 1 atom stereocenters. The highest BCUT2D eigenvalue weighted by Crippen LogP contribution is 2.25. The van der Waals surface area contributed by atoms with Crippen LogP contribution in [0.2, 0.25) is 0 Å². The van der Waals surface area contributed by atoms with Gasteiger partial charge in [0.25, 0.3) is 0 Å². The second-order valence-corrected chi connectivity index (χ2v) is 7.59. The monoisotopic (exact) mass is 433 g/mol. The summed E-state index contributed by atoms with van der Waals surface area (Å²) in [6.07, 6.45) is 0.519. The summed E-state index contributed by atoms with van der Waals surface area (Å²) in [5.74, 6) is 0.189. The molecule has 0 spiro atoms. The third-order valence-electron chi connectivity index (χ3n) is 2.36. The van der Waals surface area contributed by atoms with E-state index in [1.54, 1.807) is 19.2 Å². The number of methoxy groups -OCH3 is 1. The molecule has 0 aliphatic carbocycles. The first kappa shape index (κ1) is 17.4. The molecule has 1 aromatic carbocycles. The number of benzene rings is 1. The normalized spacial score (nSPS) is 13.5. The number of sulfonamides is 1. The Morgan fingerprint density at radius 3 is 2.68 bits per heavy atom. The number of ether oxygens (including phenoxy) is 1. The predicted octanol–water partition coefficient (Wildman–Crippen LogP) is 3.13. The van der Waals surface area contributed by atoms with E-state index in [1.807, 2.05) is 0 Å². The van der Waals surface area contributed by atoms with Gasteiger partial charge in [0, 0.05) is 34.6 Å². The zero-order valence-corrected chi connectivity index (χ0v) is 14.9. The molecule has 19 heavy (non-hydrogen) atoms. The minimum absolute atomic E-state index is 0.175. The minimum Gasteiger partial charge on any atom is -0.385 e. The lowest BCUT2D eigenvalue weighted by Gasteiger charge is -2.16. The molecule has 0 saturated heterocycles. The van der Waals surface area contributed by atoms with Gasteiger partial charge in [0.1, 0.15) is 0 Å². The summed E-state index contributed by atoms with van der Waals surface area (Å²) in [7, 11) is -2.06. The van der Waals surface area contributed by atoms with Crippen LogP contribution in [0.15, 0.2) is 32.0 Å². The van der Waals surface area contributed by atoms with Crippen molar-refractivity contribution in [2.45, 2.75) is 17.4 Å². The van der Waals surface area contributed by atoms with Gasteiger partial charge in [0.15, 0.2) is 0 Å². The first-order valence-electron chi connectivity index (χ1n) is 5.43. The van der Waals surface area contributed by atoms with E-state index in [0.29, 0.717) is 22.0 Å². The summed E-state index contributed by atoms with van der Waals surface area (Å²) in [6.45, 7) is 0.444. The third-order valence-corrected chi connectivity index (χ3v) is 5.74. The van der Waals surface area contributed by atoms with Crippen molar-refractivity contribution >= 4 is 53.5 Å². The fourth-order valence-electron chi connectivity index (χ4n) is 1.39. The Labute approximate surface area is 135 Å². The Morgan fingerprint density at radius 1 is 1.42 bits per heavy atom. The maximum absolute atomic E-state index is 12.3. The lowest BCUT2D eigenvalue weighted by molar-refractivity contribution is 0.188. The largest absolute Gasteiger partial charge is 0.385 e. The van der Waals surface area contributed by atoms with Gasteiger partial charge >= 0.3 is 0 Å². The maximum Gasteiger partial charge on any atom is 0.242 e. The van der Waals surface area contributed by atoms with Crippen LogP contribution in [0.4, 0.5) is 0 Å². The van der Waals surface area contributed by atoms with Crippen molar-refractivity contribution < 1.29 is 13.2 Å². The molecule has 8 heteroatoms. The second kappa shape index (κ2) is 7.95. The molecular weight excluding hydrogens is 421 g/mol. The average molecular weight is 436 g/mol. The van der Waals surface area contributed by atoms with E-state index in [1.165, 1.54) is 6.07 Å². The summed E-state index contributed by atoms with van der Waals surface area (Å²) >= 11 is 12.3. The van der Waals surface area contributed by atoms with Gasteiger partial charge in [-0.2, -0.15) is 0 Å². The van der Waals surface area contributed by atoms with Crippen LogP contribution >= 0.6 is 43.5 Å². The molecule has 1 rings (SSSR count). The zero-order valence-electron chi connectivity index (χ0n) is 10.2. The summed E-state index contributed by atoms with van der Waals surface area (Å²) in [4.78, 5) is 0.175. The molecule has 0 fully saturated rings. The van der Waals surface area contributed by atoms with Crippen molar-refractivity contribution in [3.8, 4) is 0 Å². The molecule has 0 radical (unpaired) electrons. The zero-order chi connectivity index (χ0) is 14.5. The van der Waals surface area contributed by atoms with E-state index >= 15 is 0 Å². The van der Waals surface area contributed by atoms with Gasteiger partial charge in [-0.05, 0) is 40.5 Å². The number of halogens is 3. The van der Waals surface area contributed by atoms with Gasteiger partial charge in [-0.25, -0.2) is 13.1 Å². The fraction of sp³-hybridized carbons (Fsp3) is 0.455. The topological polar surface area (TPSA) is 55.4 Å². The molecule has 4 nitrogen and oxygen atoms in total. The van der Waals surface area contributed by atoms with Gasteiger partial charge in [0.2, 0.25) is 10.0 Å². The Kier molecular flexibility index (Phi) is 7.28. The van der Waals surface area contributed by atoms with Crippen molar-refractivity contribution in [1.29, 1.82) is 0 Å². The molecule has 1 N–H and O–H groups in total. The Hall–Kier alpha value is 0.340. The molecule has 1 unspecified atom stereocenters. The summed E-state index contributed by atoms with van der Waals surface area (Å²) in [5, 5.41) is 0. The van der Waals surface area contributed by atoms with Crippen LogP contribution in [0.5, 0.6) is 0 Å². The molecule has 1 aromatic rings. The summed E-state index contributed by atoms with van der Waals surface area (Å²) in [5.41, 5.74) is 0.